The van der Waals surface area contributed by atoms with Crippen molar-refractivity contribution in [2.45, 2.75) is 39.0 Å². The second kappa shape index (κ2) is 9.43. The predicted molar refractivity (Wildman–Crippen MR) is 108 cm³/mol. The van der Waals surface area contributed by atoms with Crippen LogP contribution in [0.1, 0.15) is 38.0 Å². The van der Waals surface area contributed by atoms with Crippen molar-refractivity contribution in [3.05, 3.63) is 53.6 Å². The first kappa shape index (κ1) is 21.5. The largest absolute Gasteiger partial charge is 0.506 e. The van der Waals surface area contributed by atoms with Crippen molar-refractivity contribution in [2.24, 2.45) is 0 Å². The summed E-state index contributed by atoms with van der Waals surface area (Å²) < 4.78 is 5.10. The molecule has 0 fully saturated rings. The zero-order valence-corrected chi connectivity index (χ0v) is 16.4. The lowest BCUT2D eigenvalue weighted by Gasteiger charge is -2.23. The van der Waals surface area contributed by atoms with E-state index >= 15 is 0 Å². The number of phenolic OH excluding ortho intramolecular Hbond substituents is 1. The Morgan fingerprint density at radius 3 is 2.43 bits per heavy atom. The van der Waals surface area contributed by atoms with Crippen molar-refractivity contribution >= 4 is 11.7 Å². The lowest BCUT2D eigenvalue weighted by Crippen LogP contribution is -2.38. The third kappa shape index (κ3) is 7.09. The summed E-state index contributed by atoms with van der Waals surface area (Å²) >= 11 is 0. The van der Waals surface area contributed by atoms with Gasteiger partial charge < -0.3 is 30.7 Å². The molecule has 28 heavy (non-hydrogen) atoms. The van der Waals surface area contributed by atoms with Crippen LogP contribution in [0, 0.1) is 0 Å². The summed E-state index contributed by atoms with van der Waals surface area (Å²) in [7, 11) is 0. The summed E-state index contributed by atoms with van der Waals surface area (Å²) in [5.41, 5.74) is 2.06. The van der Waals surface area contributed by atoms with E-state index in [2.05, 4.69) is 10.6 Å². The van der Waals surface area contributed by atoms with Crippen LogP contribution in [0.3, 0.4) is 0 Å². The number of anilines is 1. The van der Waals surface area contributed by atoms with Crippen LogP contribution in [0.5, 0.6) is 11.5 Å². The average molecular weight is 388 g/mol. The molecule has 0 saturated carbocycles. The van der Waals surface area contributed by atoms with Gasteiger partial charge in [-0.15, -0.1) is 0 Å². The smallest absolute Gasteiger partial charge is 0.341 e. The number of aliphatic carboxylic acids is 1. The molecule has 5 N–H and O–H groups in total. The molecule has 0 saturated heterocycles. The van der Waals surface area contributed by atoms with Crippen molar-refractivity contribution in [2.75, 3.05) is 18.5 Å². The molecule has 2 aromatic rings. The van der Waals surface area contributed by atoms with Crippen molar-refractivity contribution in [1.82, 2.24) is 5.32 Å². The Balaban J connectivity index is 1.97. The quantitative estimate of drug-likeness (QED) is 0.420. The van der Waals surface area contributed by atoms with Gasteiger partial charge in [0.25, 0.3) is 0 Å². The number of aliphatic hydroxyl groups excluding tert-OH is 1. The fraction of sp³-hybridized carbons (Fsp3) is 0.381. The van der Waals surface area contributed by atoms with Crippen LogP contribution in [-0.4, -0.2) is 40.0 Å². The number of rotatable bonds is 9. The highest BCUT2D eigenvalue weighted by atomic mass is 16.5. The second-order valence-electron chi connectivity index (χ2n) is 7.60. The molecule has 0 bridgehead atoms. The molecule has 0 amide bonds. The van der Waals surface area contributed by atoms with E-state index in [-0.39, 0.29) is 17.9 Å². The van der Waals surface area contributed by atoms with Crippen LogP contribution < -0.4 is 15.4 Å². The van der Waals surface area contributed by atoms with E-state index in [9.17, 15) is 15.0 Å². The monoisotopic (exact) mass is 388 g/mol. The van der Waals surface area contributed by atoms with E-state index in [1.165, 1.54) is 0 Å². The van der Waals surface area contributed by atoms with Crippen molar-refractivity contribution < 1.29 is 24.9 Å². The molecule has 1 atom stereocenters. The number of carboxylic acid groups (broad SMARTS) is 1. The topological polar surface area (TPSA) is 111 Å². The van der Waals surface area contributed by atoms with Crippen LogP contribution in [0.4, 0.5) is 5.69 Å². The van der Waals surface area contributed by atoms with Crippen molar-refractivity contribution in [3.63, 3.8) is 0 Å². The molecule has 0 aliphatic heterocycles. The first-order valence-corrected chi connectivity index (χ1v) is 9.07. The Labute approximate surface area is 165 Å². The van der Waals surface area contributed by atoms with Gasteiger partial charge in [-0.3, -0.25) is 0 Å². The Morgan fingerprint density at radius 1 is 1.14 bits per heavy atom. The first-order chi connectivity index (χ1) is 13.1. The van der Waals surface area contributed by atoms with Crippen LogP contribution in [0.25, 0.3) is 0 Å². The standard InChI is InChI=1S/C21H28N2O5/c1-21(2,3)23-12-19(25)15-6-9-18(24)17(10-15)22-11-14-4-7-16(8-5-14)28-13-20(26)27/h4-10,19,22-25H,11-13H2,1-3H3,(H,26,27). The van der Waals surface area contributed by atoms with Crippen LogP contribution in [0.2, 0.25) is 0 Å². The maximum absolute atomic E-state index is 10.5. The molecule has 0 aliphatic carbocycles. The van der Waals surface area contributed by atoms with E-state index in [1.807, 2.05) is 32.9 Å². The maximum Gasteiger partial charge on any atom is 0.341 e. The average Bonchev–Trinajstić information content (AvgIpc) is 2.64. The van der Waals surface area contributed by atoms with E-state index < -0.39 is 12.1 Å². The molecule has 7 nitrogen and oxygen atoms in total. The van der Waals surface area contributed by atoms with Crippen molar-refractivity contribution in [1.29, 1.82) is 0 Å². The van der Waals surface area contributed by atoms with Gasteiger partial charge in [-0.1, -0.05) is 18.2 Å². The van der Waals surface area contributed by atoms with E-state index in [1.54, 1.807) is 30.3 Å². The molecule has 2 aromatic carbocycles. The summed E-state index contributed by atoms with van der Waals surface area (Å²) in [6, 6.07) is 12.0. The van der Waals surface area contributed by atoms with E-state index in [0.717, 1.165) is 5.56 Å². The normalized spacial score (nSPS) is 12.4. The molecule has 152 valence electrons. The number of benzene rings is 2. The number of phenols is 1. The minimum Gasteiger partial charge on any atom is -0.506 e. The highest BCUT2D eigenvalue weighted by Gasteiger charge is 2.15. The molecule has 0 heterocycles. The number of aliphatic hydroxyl groups is 1. The number of aromatic hydroxyl groups is 1. The molecule has 7 heteroatoms. The van der Waals surface area contributed by atoms with Gasteiger partial charge in [0.1, 0.15) is 11.5 Å². The molecule has 0 aliphatic rings. The Kier molecular flexibility index (Phi) is 7.25. The molecule has 0 radical (unpaired) electrons. The summed E-state index contributed by atoms with van der Waals surface area (Å²) in [6.45, 7) is 6.56. The minimum atomic E-state index is -1.03. The van der Waals surface area contributed by atoms with Crippen LogP contribution in [0.15, 0.2) is 42.5 Å². The summed E-state index contributed by atoms with van der Waals surface area (Å²) in [4.78, 5) is 10.5. The Bertz CT molecular complexity index is 784. The summed E-state index contributed by atoms with van der Waals surface area (Å²) in [5, 5.41) is 35.5. The number of β-amino-alcohol motifs (C(OH)–C–C–N with tert-alkyl or cyclic N) is 1. The Hall–Kier alpha value is -2.77. The van der Waals surface area contributed by atoms with Gasteiger partial charge in [0.15, 0.2) is 6.61 Å². The highest BCUT2D eigenvalue weighted by Crippen LogP contribution is 2.28. The van der Waals surface area contributed by atoms with Gasteiger partial charge >= 0.3 is 5.97 Å². The predicted octanol–water partition coefficient (Wildman–Crippen LogP) is 2.89. The second-order valence-corrected chi connectivity index (χ2v) is 7.60. The molecule has 0 aromatic heterocycles. The van der Waals surface area contributed by atoms with E-state index in [0.29, 0.717) is 30.1 Å². The lowest BCUT2D eigenvalue weighted by molar-refractivity contribution is -0.139. The minimum absolute atomic E-state index is 0.0979. The fourth-order valence-electron chi connectivity index (χ4n) is 2.47. The molecule has 1 unspecified atom stereocenters. The molecular weight excluding hydrogens is 360 g/mol. The number of nitrogens with one attached hydrogen (secondary N) is 2. The molecule has 0 spiro atoms. The van der Waals surface area contributed by atoms with Crippen LogP contribution in [-0.2, 0) is 11.3 Å². The number of carbonyl (C=O) groups is 1. The zero-order chi connectivity index (χ0) is 20.7. The zero-order valence-electron chi connectivity index (χ0n) is 16.4. The van der Waals surface area contributed by atoms with Gasteiger partial charge in [0, 0.05) is 18.6 Å². The number of ether oxygens (including phenoxy) is 1. The van der Waals surface area contributed by atoms with Gasteiger partial charge in [0.05, 0.1) is 11.8 Å². The van der Waals surface area contributed by atoms with Gasteiger partial charge in [-0.2, -0.15) is 0 Å². The molecule has 2 rings (SSSR count). The SMILES string of the molecule is CC(C)(C)NCC(O)c1ccc(O)c(NCc2ccc(OCC(=O)O)cc2)c1. The maximum atomic E-state index is 10.5. The molecular formula is C21H28N2O5. The Morgan fingerprint density at radius 2 is 1.82 bits per heavy atom. The van der Waals surface area contributed by atoms with Crippen molar-refractivity contribution in [3.8, 4) is 11.5 Å². The van der Waals surface area contributed by atoms with Gasteiger partial charge in [-0.05, 0) is 56.2 Å². The first-order valence-electron chi connectivity index (χ1n) is 9.07. The number of carboxylic acids is 1. The summed E-state index contributed by atoms with van der Waals surface area (Å²) in [6.07, 6.45) is -0.689. The van der Waals surface area contributed by atoms with Gasteiger partial charge in [-0.25, -0.2) is 4.79 Å². The van der Waals surface area contributed by atoms with E-state index in [4.69, 9.17) is 9.84 Å². The summed E-state index contributed by atoms with van der Waals surface area (Å²) in [5.74, 6) is -0.451. The number of hydrogen-bond donors (Lipinski definition) is 5. The number of hydrogen-bond acceptors (Lipinski definition) is 6. The lowest BCUT2D eigenvalue weighted by atomic mass is 10.1. The highest BCUT2D eigenvalue weighted by molar-refractivity contribution is 5.68. The van der Waals surface area contributed by atoms with Gasteiger partial charge in [0.2, 0.25) is 0 Å². The fourth-order valence-corrected chi connectivity index (χ4v) is 2.47. The third-order valence-corrected chi connectivity index (χ3v) is 4.00. The third-order valence-electron chi connectivity index (χ3n) is 4.00. The van der Waals surface area contributed by atoms with Crippen LogP contribution >= 0.6 is 0 Å².